The van der Waals surface area contributed by atoms with E-state index in [0.717, 1.165) is 12.8 Å². The third-order valence-electron chi connectivity index (χ3n) is 3.85. The number of benzene rings is 2. The summed E-state index contributed by atoms with van der Waals surface area (Å²) in [6, 6.07) is 12.1. The van der Waals surface area contributed by atoms with Crippen molar-refractivity contribution in [3.63, 3.8) is 0 Å². The van der Waals surface area contributed by atoms with Gasteiger partial charge in [-0.2, -0.15) is 0 Å². The highest BCUT2D eigenvalue weighted by Gasteiger charge is 2.15. The first-order valence-corrected chi connectivity index (χ1v) is 10.5. The van der Waals surface area contributed by atoms with Crippen LogP contribution in [0, 0.1) is 0 Å². The molecule has 0 radical (unpaired) electrons. The molecule has 28 heavy (non-hydrogen) atoms. The van der Waals surface area contributed by atoms with Crippen LogP contribution in [0.1, 0.15) is 47.4 Å². The number of anilines is 1. The van der Waals surface area contributed by atoms with Crippen molar-refractivity contribution in [2.45, 2.75) is 31.6 Å². The number of esters is 1. The molecular formula is C20H24N2O5S. The third kappa shape index (κ3) is 5.90. The van der Waals surface area contributed by atoms with Crippen molar-refractivity contribution in [2.75, 3.05) is 18.5 Å². The molecule has 0 saturated heterocycles. The van der Waals surface area contributed by atoms with Crippen LogP contribution in [0.3, 0.4) is 0 Å². The largest absolute Gasteiger partial charge is 0.462 e. The van der Waals surface area contributed by atoms with Gasteiger partial charge >= 0.3 is 5.97 Å². The Morgan fingerprint density at radius 2 is 1.71 bits per heavy atom. The standard InChI is InChI=1S/C20H24N2O5S/c1-3-5-13-27-20(24)15-9-11-17(12-10-15)22-19(23)16-7-6-8-18(14-16)28(25,26)21-4-2/h6-12,14,21H,3-5,13H2,1-2H3,(H,22,23). The fourth-order valence-electron chi connectivity index (χ4n) is 2.36. The zero-order chi connectivity index (χ0) is 20.6. The number of unbranched alkanes of at least 4 members (excludes halogenated alkanes) is 1. The lowest BCUT2D eigenvalue weighted by Crippen LogP contribution is -2.23. The number of hydrogen-bond acceptors (Lipinski definition) is 5. The van der Waals surface area contributed by atoms with E-state index in [4.69, 9.17) is 4.74 Å². The molecule has 1 amide bonds. The molecule has 0 aliphatic rings. The van der Waals surface area contributed by atoms with E-state index in [1.165, 1.54) is 24.3 Å². The van der Waals surface area contributed by atoms with Crippen LogP contribution >= 0.6 is 0 Å². The van der Waals surface area contributed by atoms with Gasteiger partial charge in [0.2, 0.25) is 10.0 Å². The minimum absolute atomic E-state index is 0.0205. The summed E-state index contributed by atoms with van der Waals surface area (Å²) in [7, 11) is -3.65. The maximum absolute atomic E-state index is 12.4. The van der Waals surface area contributed by atoms with Gasteiger partial charge < -0.3 is 10.1 Å². The minimum Gasteiger partial charge on any atom is -0.462 e. The van der Waals surface area contributed by atoms with Crippen LogP contribution in [0.2, 0.25) is 0 Å². The van der Waals surface area contributed by atoms with Crippen molar-refractivity contribution in [2.24, 2.45) is 0 Å². The predicted octanol–water partition coefficient (Wildman–Crippen LogP) is 3.19. The van der Waals surface area contributed by atoms with Crippen molar-refractivity contribution in [1.82, 2.24) is 4.72 Å². The summed E-state index contributed by atoms with van der Waals surface area (Å²) in [6.45, 7) is 4.32. The molecule has 0 atom stereocenters. The van der Waals surface area contributed by atoms with Gasteiger partial charge in [-0.1, -0.05) is 26.3 Å². The van der Waals surface area contributed by atoms with Crippen LogP contribution < -0.4 is 10.0 Å². The monoisotopic (exact) mass is 404 g/mol. The molecule has 150 valence electrons. The fraction of sp³-hybridized carbons (Fsp3) is 0.300. The zero-order valence-electron chi connectivity index (χ0n) is 15.9. The van der Waals surface area contributed by atoms with E-state index < -0.39 is 21.9 Å². The Morgan fingerprint density at radius 3 is 2.36 bits per heavy atom. The zero-order valence-corrected chi connectivity index (χ0v) is 16.7. The van der Waals surface area contributed by atoms with Crippen molar-refractivity contribution >= 4 is 27.6 Å². The number of carbonyl (C=O) groups excluding carboxylic acids is 2. The van der Waals surface area contributed by atoms with E-state index in [1.54, 1.807) is 31.2 Å². The lowest BCUT2D eigenvalue weighted by atomic mass is 10.2. The topological polar surface area (TPSA) is 102 Å². The van der Waals surface area contributed by atoms with Crippen molar-refractivity contribution in [3.05, 3.63) is 59.7 Å². The molecule has 0 aliphatic carbocycles. The van der Waals surface area contributed by atoms with Crippen molar-refractivity contribution in [1.29, 1.82) is 0 Å². The molecule has 0 bridgehead atoms. The van der Waals surface area contributed by atoms with Gasteiger partial charge in [0, 0.05) is 17.8 Å². The summed E-state index contributed by atoms with van der Waals surface area (Å²) in [6.07, 6.45) is 1.75. The van der Waals surface area contributed by atoms with E-state index in [1.807, 2.05) is 6.92 Å². The number of carbonyl (C=O) groups is 2. The smallest absolute Gasteiger partial charge is 0.338 e. The Bertz CT molecular complexity index is 924. The van der Waals surface area contributed by atoms with E-state index in [2.05, 4.69) is 10.0 Å². The summed E-state index contributed by atoms with van der Waals surface area (Å²) in [4.78, 5) is 24.3. The van der Waals surface area contributed by atoms with Gasteiger partial charge in [0.25, 0.3) is 5.91 Å². The van der Waals surface area contributed by atoms with Crippen LogP contribution in [-0.4, -0.2) is 33.4 Å². The van der Waals surface area contributed by atoms with Crippen LogP contribution in [0.25, 0.3) is 0 Å². The Morgan fingerprint density at radius 1 is 1.00 bits per heavy atom. The molecule has 2 rings (SSSR count). The van der Waals surface area contributed by atoms with Crippen LogP contribution in [0.5, 0.6) is 0 Å². The maximum Gasteiger partial charge on any atom is 0.338 e. The molecule has 2 aromatic carbocycles. The van der Waals surface area contributed by atoms with Crippen molar-refractivity contribution < 1.29 is 22.7 Å². The number of nitrogens with one attached hydrogen (secondary N) is 2. The SMILES string of the molecule is CCCCOC(=O)c1ccc(NC(=O)c2cccc(S(=O)(=O)NCC)c2)cc1. The second-order valence-corrected chi connectivity index (χ2v) is 7.82. The van der Waals surface area contributed by atoms with Gasteiger partial charge in [0.1, 0.15) is 0 Å². The minimum atomic E-state index is -3.65. The molecular weight excluding hydrogens is 380 g/mol. The molecule has 0 spiro atoms. The molecule has 2 aromatic rings. The number of hydrogen-bond donors (Lipinski definition) is 2. The Balaban J connectivity index is 2.06. The molecule has 7 nitrogen and oxygen atoms in total. The fourth-order valence-corrected chi connectivity index (χ4v) is 3.45. The molecule has 0 fully saturated rings. The first-order chi connectivity index (χ1) is 13.4. The molecule has 0 unspecified atom stereocenters. The van der Waals surface area contributed by atoms with Gasteiger partial charge in [-0.3, -0.25) is 4.79 Å². The average molecular weight is 404 g/mol. The van der Waals surface area contributed by atoms with Crippen LogP contribution in [-0.2, 0) is 14.8 Å². The van der Waals surface area contributed by atoms with Crippen LogP contribution in [0.4, 0.5) is 5.69 Å². The van der Waals surface area contributed by atoms with Gasteiger partial charge in [-0.05, 0) is 48.9 Å². The molecule has 0 heterocycles. The molecule has 8 heteroatoms. The highest BCUT2D eigenvalue weighted by atomic mass is 32.2. The summed E-state index contributed by atoms with van der Waals surface area (Å²) in [5.41, 5.74) is 1.09. The number of sulfonamides is 1. The maximum atomic E-state index is 12.4. The van der Waals surface area contributed by atoms with Crippen LogP contribution in [0.15, 0.2) is 53.4 Å². The summed E-state index contributed by atoms with van der Waals surface area (Å²) >= 11 is 0. The second-order valence-electron chi connectivity index (χ2n) is 6.05. The number of ether oxygens (including phenoxy) is 1. The number of rotatable bonds is 9. The third-order valence-corrected chi connectivity index (χ3v) is 5.39. The lowest BCUT2D eigenvalue weighted by molar-refractivity contribution is 0.0499. The quantitative estimate of drug-likeness (QED) is 0.494. The Kier molecular flexibility index (Phi) is 7.71. The van der Waals surface area contributed by atoms with Crippen molar-refractivity contribution in [3.8, 4) is 0 Å². The summed E-state index contributed by atoms with van der Waals surface area (Å²) in [5, 5.41) is 2.68. The highest BCUT2D eigenvalue weighted by Crippen LogP contribution is 2.15. The molecule has 0 aliphatic heterocycles. The van der Waals surface area contributed by atoms with E-state index in [0.29, 0.717) is 17.9 Å². The first kappa shape index (κ1) is 21.6. The Labute approximate surface area is 165 Å². The lowest BCUT2D eigenvalue weighted by Gasteiger charge is -2.09. The van der Waals surface area contributed by atoms with E-state index in [9.17, 15) is 18.0 Å². The highest BCUT2D eigenvalue weighted by molar-refractivity contribution is 7.89. The second kappa shape index (κ2) is 10.0. The first-order valence-electron chi connectivity index (χ1n) is 9.05. The number of amides is 1. The van der Waals surface area contributed by atoms with Gasteiger partial charge in [0.05, 0.1) is 17.1 Å². The summed E-state index contributed by atoms with van der Waals surface area (Å²) < 4.78 is 31.7. The van der Waals surface area contributed by atoms with Gasteiger partial charge in [-0.15, -0.1) is 0 Å². The predicted molar refractivity (Wildman–Crippen MR) is 107 cm³/mol. The normalized spacial score (nSPS) is 11.1. The Hall–Kier alpha value is -2.71. The molecule has 0 aromatic heterocycles. The van der Waals surface area contributed by atoms with Gasteiger partial charge in [-0.25, -0.2) is 17.9 Å². The molecule has 0 saturated carbocycles. The summed E-state index contributed by atoms with van der Waals surface area (Å²) in [5.74, 6) is -0.862. The van der Waals surface area contributed by atoms with Gasteiger partial charge in [0.15, 0.2) is 0 Å². The molecule has 2 N–H and O–H groups in total. The average Bonchev–Trinajstić information content (AvgIpc) is 2.68. The van der Waals surface area contributed by atoms with E-state index in [-0.39, 0.29) is 17.0 Å². The van der Waals surface area contributed by atoms with E-state index >= 15 is 0 Å².